The zero-order valence-corrected chi connectivity index (χ0v) is 25.5. The Morgan fingerprint density at radius 1 is 0.783 bits per heavy atom. The van der Waals surface area contributed by atoms with Gasteiger partial charge in [0.05, 0.1) is 5.71 Å². The molecule has 0 saturated heterocycles. The molecule has 0 radical (unpaired) electrons. The zero-order chi connectivity index (χ0) is 30.4. The number of nitrogens with zero attached hydrogens (tertiary/aromatic N) is 1. The fraction of sp³-hybridized carbons (Fsp3) is 0.293. The van der Waals surface area contributed by atoms with Gasteiger partial charge in [-0.1, -0.05) is 78.9 Å². The number of allylic oxidation sites excluding steroid dienone is 9. The third-order valence-corrected chi connectivity index (χ3v) is 11.0. The van der Waals surface area contributed by atoms with Crippen LogP contribution in [-0.4, -0.2) is 30.2 Å². The van der Waals surface area contributed by atoms with Crippen LogP contribution in [0.2, 0.25) is 0 Å². The van der Waals surface area contributed by atoms with Crippen LogP contribution >= 0.6 is 0 Å². The minimum Gasteiger partial charge on any atom is -0.489 e. The van der Waals surface area contributed by atoms with Crippen molar-refractivity contribution in [3.63, 3.8) is 0 Å². The van der Waals surface area contributed by atoms with Crippen LogP contribution in [0.25, 0.3) is 0 Å². The summed E-state index contributed by atoms with van der Waals surface area (Å²) in [6.07, 6.45) is 27.3. The number of hydrogen-bond donors (Lipinski definition) is 1. The van der Waals surface area contributed by atoms with Gasteiger partial charge in [0.25, 0.3) is 0 Å². The molecule has 0 aromatic heterocycles. The summed E-state index contributed by atoms with van der Waals surface area (Å²) in [6.45, 7) is 0. The van der Waals surface area contributed by atoms with Crippen molar-refractivity contribution in [1.82, 2.24) is 0 Å². The molecule has 9 atom stereocenters. The summed E-state index contributed by atoms with van der Waals surface area (Å²) in [5.41, 5.74) is 14.9. The minimum absolute atomic E-state index is 0.0124. The standard InChI is InChI=1S/C41H36N2O3/c42-41(26-13-16-30-28-6-2-4-8-36(28)45-39(30)22-26)43-34(25-12-15-29-27-5-1-3-7-35(27)44-38(29)21-25)18-10-23-9-14-31-32-17-11-24-20-33(24)40(32)46-37(31)19-23/h1-12,14-15,17-19,21-22,24,29-31,33,37-39,41H,13,16,20,42H2/b18-10+,43-34?. The summed E-state index contributed by atoms with van der Waals surface area (Å²) < 4.78 is 19.2. The molecule has 5 heteroatoms. The van der Waals surface area contributed by atoms with Crippen molar-refractivity contribution in [2.24, 2.45) is 28.5 Å². The normalized spacial score (nSPS) is 34.5. The van der Waals surface area contributed by atoms with Gasteiger partial charge in [0, 0.05) is 40.4 Å². The minimum atomic E-state index is -0.464. The molecule has 10 rings (SSSR count). The lowest BCUT2D eigenvalue weighted by Gasteiger charge is -2.26. The van der Waals surface area contributed by atoms with Crippen LogP contribution in [0.15, 0.2) is 148 Å². The van der Waals surface area contributed by atoms with Crippen LogP contribution in [0.3, 0.4) is 0 Å². The topological polar surface area (TPSA) is 66.1 Å². The quantitative estimate of drug-likeness (QED) is 0.283. The third kappa shape index (κ3) is 4.29. The second-order valence-electron chi connectivity index (χ2n) is 13.7. The Bertz CT molecular complexity index is 1940. The van der Waals surface area contributed by atoms with Gasteiger partial charge in [-0.25, -0.2) is 0 Å². The van der Waals surface area contributed by atoms with E-state index in [4.69, 9.17) is 24.9 Å². The maximum absolute atomic E-state index is 6.89. The number of benzene rings is 2. The van der Waals surface area contributed by atoms with Gasteiger partial charge in [0.1, 0.15) is 41.7 Å². The molecule has 5 nitrogen and oxygen atoms in total. The summed E-state index contributed by atoms with van der Waals surface area (Å²) in [6, 6.07) is 16.7. The fourth-order valence-electron chi connectivity index (χ4n) is 8.48. The highest BCUT2D eigenvalue weighted by Gasteiger charge is 2.48. The Hall–Kier alpha value is -4.61. The fourth-order valence-corrected chi connectivity index (χ4v) is 8.48. The van der Waals surface area contributed by atoms with Crippen LogP contribution in [0.5, 0.6) is 11.5 Å². The van der Waals surface area contributed by atoms with E-state index in [2.05, 4.69) is 103 Å². The number of nitrogens with two attached hydrogens (primary N) is 1. The van der Waals surface area contributed by atoms with Crippen molar-refractivity contribution in [3.05, 3.63) is 155 Å². The zero-order valence-electron chi connectivity index (χ0n) is 25.5. The molecule has 1 fully saturated rings. The molecule has 0 spiro atoms. The van der Waals surface area contributed by atoms with E-state index < -0.39 is 6.17 Å². The van der Waals surface area contributed by atoms with Gasteiger partial charge in [-0.3, -0.25) is 4.99 Å². The first-order chi connectivity index (χ1) is 22.7. The van der Waals surface area contributed by atoms with E-state index in [9.17, 15) is 0 Å². The summed E-state index contributed by atoms with van der Waals surface area (Å²) in [4.78, 5) is 5.18. The molecular weight excluding hydrogens is 568 g/mol. The third-order valence-electron chi connectivity index (χ3n) is 11.0. The second-order valence-corrected chi connectivity index (χ2v) is 13.7. The molecule has 5 aliphatic carbocycles. The number of fused-ring (bicyclic) bond motifs is 10. The number of para-hydroxylation sites is 2. The molecule has 2 aromatic carbocycles. The maximum Gasteiger partial charge on any atom is 0.128 e. The number of ether oxygens (including phenoxy) is 3. The summed E-state index contributed by atoms with van der Waals surface area (Å²) in [7, 11) is 0. The average Bonchev–Trinajstić information content (AvgIpc) is 3.47. The van der Waals surface area contributed by atoms with Crippen LogP contribution < -0.4 is 15.2 Å². The Morgan fingerprint density at radius 2 is 1.57 bits per heavy atom. The molecule has 1 saturated carbocycles. The first-order valence-corrected chi connectivity index (χ1v) is 16.8. The van der Waals surface area contributed by atoms with Crippen molar-refractivity contribution in [3.8, 4) is 11.5 Å². The molecule has 9 unspecified atom stereocenters. The van der Waals surface area contributed by atoms with Crippen LogP contribution in [-0.2, 0) is 4.74 Å². The Kier molecular flexibility index (Phi) is 5.90. The van der Waals surface area contributed by atoms with E-state index in [0.717, 1.165) is 46.8 Å². The molecule has 0 amide bonds. The summed E-state index contributed by atoms with van der Waals surface area (Å²) in [5.74, 6) is 5.34. The number of hydrogen-bond acceptors (Lipinski definition) is 5. The van der Waals surface area contributed by atoms with Gasteiger partial charge in [0.15, 0.2) is 0 Å². The molecule has 8 aliphatic rings. The lowest BCUT2D eigenvalue weighted by molar-refractivity contribution is 0.152. The monoisotopic (exact) mass is 604 g/mol. The number of rotatable bonds is 5. The van der Waals surface area contributed by atoms with Gasteiger partial charge >= 0.3 is 0 Å². The van der Waals surface area contributed by atoms with E-state index >= 15 is 0 Å². The summed E-state index contributed by atoms with van der Waals surface area (Å²) in [5, 5.41) is 0. The highest BCUT2D eigenvalue weighted by molar-refractivity contribution is 6.11. The largest absolute Gasteiger partial charge is 0.489 e. The van der Waals surface area contributed by atoms with Crippen molar-refractivity contribution >= 4 is 5.71 Å². The molecular formula is C41H36N2O3. The summed E-state index contributed by atoms with van der Waals surface area (Å²) >= 11 is 0. The van der Waals surface area contributed by atoms with E-state index in [0.29, 0.717) is 23.7 Å². The average molecular weight is 605 g/mol. The van der Waals surface area contributed by atoms with E-state index in [1.54, 1.807) is 0 Å². The Balaban J connectivity index is 0.945. The highest BCUT2D eigenvalue weighted by Crippen LogP contribution is 2.55. The molecule has 228 valence electrons. The van der Waals surface area contributed by atoms with Crippen LogP contribution in [0.1, 0.15) is 42.2 Å². The molecule has 2 N–H and O–H groups in total. The highest BCUT2D eigenvalue weighted by atomic mass is 16.5. The van der Waals surface area contributed by atoms with Gasteiger partial charge in [0.2, 0.25) is 0 Å². The molecule has 3 aliphatic heterocycles. The second kappa shape index (κ2) is 10.2. The molecule has 0 bridgehead atoms. The maximum atomic E-state index is 6.89. The van der Waals surface area contributed by atoms with Gasteiger partial charge < -0.3 is 19.9 Å². The van der Waals surface area contributed by atoms with Crippen molar-refractivity contribution in [2.75, 3.05) is 0 Å². The van der Waals surface area contributed by atoms with E-state index in [1.807, 2.05) is 12.1 Å². The van der Waals surface area contributed by atoms with E-state index in [-0.39, 0.29) is 24.2 Å². The molecule has 46 heavy (non-hydrogen) atoms. The smallest absolute Gasteiger partial charge is 0.128 e. The van der Waals surface area contributed by atoms with Crippen LogP contribution in [0.4, 0.5) is 0 Å². The first-order valence-electron chi connectivity index (χ1n) is 16.8. The predicted molar refractivity (Wildman–Crippen MR) is 180 cm³/mol. The Morgan fingerprint density at radius 3 is 2.48 bits per heavy atom. The van der Waals surface area contributed by atoms with Crippen molar-refractivity contribution < 1.29 is 14.2 Å². The molecule has 3 heterocycles. The van der Waals surface area contributed by atoms with Crippen molar-refractivity contribution in [1.29, 1.82) is 0 Å². The first kappa shape index (κ1) is 26.6. The van der Waals surface area contributed by atoms with E-state index in [1.165, 1.54) is 28.9 Å². The lowest BCUT2D eigenvalue weighted by atomic mass is 9.83. The lowest BCUT2D eigenvalue weighted by Crippen LogP contribution is -2.29. The van der Waals surface area contributed by atoms with Gasteiger partial charge in [-0.05, 0) is 78.3 Å². The predicted octanol–water partition coefficient (Wildman–Crippen LogP) is 7.55. The Labute approximate surface area is 269 Å². The van der Waals surface area contributed by atoms with Crippen LogP contribution in [0, 0.1) is 17.8 Å². The van der Waals surface area contributed by atoms with Crippen molar-refractivity contribution in [2.45, 2.75) is 55.6 Å². The SMILES string of the molecule is NC(N=C(/C=C/C1=CC2OC3=C(C=CC4CC34)C2C=C1)C1=CC2Oc3ccccc3C2C=C1)C1=CC2Oc3ccccc3C2CC1. The van der Waals surface area contributed by atoms with Gasteiger partial charge in [-0.15, -0.1) is 0 Å². The number of aliphatic imine (C=N–C) groups is 1. The van der Waals surface area contributed by atoms with Gasteiger partial charge in [-0.2, -0.15) is 0 Å². The molecule has 2 aromatic rings.